The van der Waals surface area contributed by atoms with Crippen molar-refractivity contribution in [1.82, 2.24) is 9.29 Å². The van der Waals surface area contributed by atoms with Crippen LogP contribution in [0, 0.1) is 5.82 Å². The summed E-state index contributed by atoms with van der Waals surface area (Å²) in [5.74, 6) is -0.302. The predicted octanol–water partition coefficient (Wildman–Crippen LogP) is 1.31. The number of nitrogens with two attached hydrogens (primary N) is 1. The van der Waals surface area contributed by atoms with Crippen LogP contribution in [0.15, 0.2) is 47.6 Å². The molecule has 23 heavy (non-hydrogen) atoms. The van der Waals surface area contributed by atoms with Crippen LogP contribution < -0.4 is 10.6 Å². The molecule has 6 nitrogen and oxygen atoms in total. The molecular weight excluding hydrogens is 319 g/mol. The van der Waals surface area contributed by atoms with Gasteiger partial charge in [0.15, 0.2) is 5.03 Å². The SMILES string of the molecule is Nc1ccc(S(=O)(=O)N2CCN(c3ccccc3F)CC2)nc1. The van der Waals surface area contributed by atoms with Crippen molar-refractivity contribution in [2.24, 2.45) is 0 Å². The number of rotatable bonds is 3. The summed E-state index contributed by atoms with van der Waals surface area (Å²) in [6.45, 7) is 1.41. The standard InChI is InChI=1S/C15H17FN4O2S/c16-13-3-1-2-4-14(13)19-7-9-20(10-8-19)23(21,22)15-6-5-12(17)11-18-15/h1-6,11H,7-10,17H2. The van der Waals surface area contributed by atoms with E-state index in [1.807, 2.05) is 4.90 Å². The van der Waals surface area contributed by atoms with Gasteiger partial charge >= 0.3 is 0 Å². The third-order valence-electron chi connectivity index (χ3n) is 3.80. The summed E-state index contributed by atoms with van der Waals surface area (Å²) in [6, 6.07) is 9.40. The van der Waals surface area contributed by atoms with Gasteiger partial charge < -0.3 is 10.6 Å². The highest BCUT2D eigenvalue weighted by Crippen LogP contribution is 2.22. The molecular formula is C15H17FN4O2S. The van der Waals surface area contributed by atoms with Crippen LogP contribution in [0.1, 0.15) is 0 Å². The highest BCUT2D eigenvalue weighted by Gasteiger charge is 2.30. The number of anilines is 2. The number of aromatic nitrogens is 1. The van der Waals surface area contributed by atoms with Crippen LogP contribution in [0.4, 0.5) is 15.8 Å². The van der Waals surface area contributed by atoms with Gasteiger partial charge in [-0.05, 0) is 24.3 Å². The summed E-state index contributed by atoms with van der Waals surface area (Å²) in [6.07, 6.45) is 1.32. The average Bonchev–Trinajstić information content (AvgIpc) is 2.56. The van der Waals surface area contributed by atoms with Crippen LogP contribution in [0.2, 0.25) is 0 Å². The lowest BCUT2D eigenvalue weighted by molar-refractivity contribution is 0.381. The van der Waals surface area contributed by atoms with E-state index in [1.165, 1.54) is 28.7 Å². The Balaban J connectivity index is 1.74. The number of piperazine rings is 1. The molecule has 8 heteroatoms. The number of para-hydroxylation sites is 1. The Kier molecular flexibility index (Phi) is 4.18. The van der Waals surface area contributed by atoms with Crippen molar-refractivity contribution in [3.63, 3.8) is 0 Å². The minimum absolute atomic E-state index is 0.0222. The lowest BCUT2D eigenvalue weighted by atomic mass is 10.2. The molecule has 2 N–H and O–H groups in total. The van der Waals surface area contributed by atoms with Gasteiger partial charge in [0, 0.05) is 26.2 Å². The second kappa shape index (κ2) is 6.13. The van der Waals surface area contributed by atoms with Crippen molar-refractivity contribution < 1.29 is 12.8 Å². The van der Waals surface area contributed by atoms with E-state index in [9.17, 15) is 12.8 Å². The van der Waals surface area contributed by atoms with Crippen LogP contribution in [0.5, 0.6) is 0 Å². The highest BCUT2D eigenvalue weighted by atomic mass is 32.2. The molecule has 1 aliphatic rings. The summed E-state index contributed by atoms with van der Waals surface area (Å²) < 4.78 is 40.3. The third kappa shape index (κ3) is 3.13. The summed E-state index contributed by atoms with van der Waals surface area (Å²) >= 11 is 0. The molecule has 0 saturated carbocycles. The first-order valence-electron chi connectivity index (χ1n) is 7.19. The van der Waals surface area contributed by atoms with E-state index in [4.69, 9.17) is 5.73 Å². The van der Waals surface area contributed by atoms with E-state index in [0.717, 1.165) is 0 Å². The van der Waals surface area contributed by atoms with Gasteiger partial charge in [-0.3, -0.25) is 0 Å². The molecule has 0 unspecified atom stereocenters. The maximum atomic E-state index is 13.8. The number of pyridine rings is 1. The van der Waals surface area contributed by atoms with Gasteiger partial charge in [0.05, 0.1) is 17.6 Å². The first-order chi connectivity index (χ1) is 11.0. The fourth-order valence-corrected chi connectivity index (χ4v) is 3.89. The minimum atomic E-state index is -3.65. The highest BCUT2D eigenvalue weighted by molar-refractivity contribution is 7.89. The van der Waals surface area contributed by atoms with E-state index < -0.39 is 10.0 Å². The van der Waals surface area contributed by atoms with Crippen LogP contribution in [-0.2, 0) is 10.0 Å². The van der Waals surface area contributed by atoms with Crippen molar-refractivity contribution >= 4 is 21.4 Å². The van der Waals surface area contributed by atoms with Crippen LogP contribution in [-0.4, -0.2) is 43.9 Å². The van der Waals surface area contributed by atoms with Gasteiger partial charge in [0.2, 0.25) is 0 Å². The third-order valence-corrected chi connectivity index (χ3v) is 5.61. The van der Waals surface area contributed by atoms with Crippen LogP contribution in [0.3, 0.4) is 0 Å². The molecule has 1 aromatic carbocycles. The second-order valence-corrected chi connectivity index (χ2v) is 7.16. The van der Waals surface area contributed by atoms with Crippen LogP contribution in [0.25, 0.3) is 0 Å². The average molecular weight is 336 g/mol. The summed E-state index contributed by atoms with van der Waals surface area (Å²) in [7, 11) is -3.65. The molecule has 0 amide bonds. The zero-order valence-electron chi connectivity index (χ0n) is 12.4. The largest absolute Gasteiger partial charge is 0.397 e. The number of hydrogen-bond acceptors (Lipinski definition) is 5. The molecule has 2 aromatic rings. The zero-order valence-corrected chi connectivity index (χ0v) is 13.2. The smallest absolute Gasteiger partial charge is 0.260 e. The molecule has 1 saturated heterocycles. The molecule has 1 aromatic heterocycles. The number of benzene rings is 1. The quantitative estimate of drug-likeness (QED) is 0.914. The summed E-state index contributed by atoms with van der Waals surface area (Å²) in [4.78, 5) is 5.73. The normalized spacial score (nSPS) is 16.5. The van der Waals surface area contributed by atoms with Gasteiger partial charge in [0.1, 0.15) is 5.82 Å². The van der Waals surface area contributed by atoms with Crippen molar-refractivity contribution in [2.75, 3.05) is 36.8 Å². The molecule has 0 bridgehead atoms. The molecule has 0 atom stereocenters. The number of nitrogens with zero attached hydrogens (tertiary/aromatic N) is 3. The summed E-state index contributed by atoms with van der Waals surface area (Å²) in [5, 5.41) is -0.0222. The fraction of sp³-hybridized carbons (Fsp3) is 0.267. The van der Waals surface area contributed by atoms with Gasteiger partial charge in [0.25, 0.3) is 10.0 Å². The Labute approximate surface area is 134 Å². The second-order valence-electron chi connectivity index (χ2n) is 5.27. The fourth-order valence-electron chi connectivity index (χ4n) is 2.55. The molecule has 122 valence electrons. The van der Waals surface area contributed by atoms with Gasteiger partial charge in [-0.1, -0.05) is 12.1 Å². The molecule has 3 rings (SSSR count). The van der Waals surface area contributed by atoms with E-state index in [2.05, 4.69) is 4.98 Å². The maximum absolute atomic E-state index is 13.8. The van der Waals surface area contributed by atoms with E-state index >= 15 is 0 Å². The maximum Gasteiger partial charge on any atom is 0.260 e. The van der Waals surface area contributed by atoms with Gasteiger partial charge in [-0.2, -0.15) is 4.31 Å². The minimum Gasteiger partial charge on any atom is -0.397 e. The Morgan fingerprint density at radius 2 is 1.74 bits per heavy atom. The van der Waals surface area contributed by atoms with E-state index in [-0.39, 0.29) is 23.9 Å². The lowest BCUT2D eigenvalue weighted by Crippen LogP contribution is -2.49. The van der Waals surface area contributed by atoms with Crippen molar-refractivity contribution in [3.05, 3.63) is 48.4 Å². The Hall–Kier alpha value is -2.19. The Bertz CT molecular complexity index is 787. The number of sulfonamides is 1. The first kappa shape index (κ1) is 15.7. The summed E-state index contributed by atoms with van der Waals surface area (Å²) in [5.41, 5.74) is 6.44. The molecule has 0 radical (unpaired) electrons. The van der Waals surface area contributed by atoms with Crippen LogP contribution >= 0.6 is 0 Å². The first-order valence-corrected chi connectivity index (χ1v) is 8.63. The topological polar surface area (TPSA) is 79.5 Å². The van der Waals surface area contributed by atoms with Crippen molar-refractivity contribution in [3.8, 4) is 0 Å². The van der Waals surface area contributed by atoms with Crippen molar-refractivity contribution in [2.45, 2.75) is 5.03 Å². The number of halogens is 1. The molecule has 1 fully saturated rings. The number of nitrogen functional groups attached to an aromatic ring is 1. The lowest BCUT2D eigenvalue weighted by Gasteiger charge is -2.35. The molecule has 2 heterocycles. The Morgan fingerprint density at radius 1 is 1.04 bits per heavy atom. The Morgan fingerprint density at radius 3 is 2.35 bits per heavy atom. The van der Waals surface area contributed by atoms with Gasteiger partial charge in [-0.15, -0.1) is 0 Å². The monoisotopic (exact) mass is 336 g/mol. The number of hydrogen-bond donors (Lipinski definition) is 1. The zero-order chi connectivity index (χ0) is 16.4. The van der Waals surface area contributed by atoms with Crippen molar-refractivity contribution in [1.29, 1.82) is 0 Å². The molecule has 0 spiro atoms. The van der Waals surface area contributed by atoms with Gasteiger partial charge in [-0.25, -0.2) is 17.8 Å². The predicted molar refractivity (Wildman–Crippen MR) is 86.0 cm³/mol. The van der Waals surface area contributed by atoms with E-state index in [1.54, 1.807) is 18.2 Å². The molecule has 1 aliphatic heterocycles. The molecule has 0 aliphatic carbocycles. The van der Waals surface area contributed by atoms with E-state index in [0.29, 0.717) is 24.5 Å².